The smallest absolute Gasteiger partial charge is 0.261 e. The van der Waals surface area contributed by atoms with Gasteiger partial charge in [0, 0.05) is 38.3 Å². The van der Waals surface area contributed by atoms with Gasteiger partial charge in [-0.15, -0.1) is 0 Å². The molecule has 4 rings (SSSR count). The fourth-order valence-electron chi connectivity index (χ4n) is 3.83. The van der Waals surface area contributed by atoms with Gasteiger partial charge in [0.1, 0.15) is 6.04 Å². The maximum absolute atomic E-state index is 12.6. The zero-order valence-electron chi connectivity index (χ0n) is 15.7. The van der Waals surface area contributed by atoms with Crippen LogP contribution in [0.5, 0.6) is 0 Å². The summed E-state index contributed by atoms with van der Waals surface area (Å²) in [5.41, 5.74) is 0.818. The van der Waals surface area contributed by atoms with Gasteiger partial charge in [-0.25, -0.2) is 13.8 Å². The SMILES string of the molecule is O=C1CCC(C(=O)N2CCN(c3ccc4c(=O)n(CC(F)F)cnc4c3)CC2)N1. The number of piperazine rings is 1. The Morgan fingerprint density at radius 1 is 1.21 bits per heavy atom. The normalized spacial score (nSPS) is 19.8. The van der Waals surface area contributed by atoms with Crippen molar-refractivity contribution < 1.29 is 18.4 Å². The summed E-state index contributed by atoms with van der Waals surface area (Å²) >= 11 is 0. The quantitative estimate of drug-likeness (QED) is 0.805. The first kappa shape index (κ1) is 19.3. The molecule has 154 valence electrons. The molecular weight excluding hydrogens is 384 g/mol. The van der Waals surface area contributed by atoms with Crippen LogP contribution in [-0.4, -0.2) is 64.9 Å². The number of carbonyl (C=O) groups excluding carboxylic acids is 2. The van der Waals surface area contributed by atoms with Crippen LogP contribution in [0.1, 0.15) is 12.8 Å². The van der Waals surface area contributed by atoms with E-state index in [-0.39, 0.29) is 11.8 Å². The molecule has 0 spiro atoms. The summed E-state index contributed by atoms with van der Waals surface area (Å²) in [5, 5.41) is 3.00. The van der Waals surface area contributed by atoms with Gasteiger partial charge in [0.2, 0.25) is 11.8 Å². The number of benzene rings is 1. The Kier molecular flexibility index (Phi) is 5.16. The zero-order chi connectivity index (χ0) is 20.5. The molecular formula is C19H21F2N5O3. The third-order valence-corrected chi connectivity index (χ3v) is 5.39. The second-order valence-corrected chi connectivity index (χ2v) is 7.27. The predicted molar refractivity (Wildman–Crippen MR) is 102 cm³/mol. The minimum atomic E-state index is -2.62. The van der Waals surface area contributed by atoms with E-state index in [9.17, 15) is 23.2 Å². The Hall–Kier alpha value is -3.04. The maximum atomic E-state index is 12.6. The lowest BCUT2D eigenvalue weighted by Crippen LogP contribution is -2.53. The molecule has 1 atom stereocenters. The standard InChI is InChI=1S/C19H21F2N5O3/c20-16(21)10-26-11-22-15-9-12(1-2-13(15)18(26)28)24-5-7-25(8-6-24)19(29)14-3-4-17(27)23-14/h1-2,9,11,14,16H,3-8,10H2,(H,23,27). The van der Waals surface area contributed by atoms with Gasteiger partial charge in [-0.05, 0) is 24.6 Å². The largest absolute Gasteiger partial charge is 0.368 e. The third kappa shape index (κ3) is 3.92. The highest BCUT2D eigenvalue weighted by molar-refractivity contribution is 5.91. The van der Waals surface area contributed by atoms with Crippen molar-refractivity contribution in [3.63, 3.8) is 0 Å². The van der Waals surface area contributed by atoms with Crippen molar-refractivity contribution in [3.8, 4) is 0 Å². The molecule has 1 aromatic heterocycles. The summed E-state index contributed by atoms with van der Waals surface area (Å²) in [6.45, 7) is 1.61. The Balaban J connectivity index is 1.45. The third-order valence-electron chi connectivity index (χ3n) is 5.39. The highest BCUT2D eigenvalue weighted by Crippen LogP contribution is 2.21. The summed E-state index contributed by atoms with van der Waals surface area (Å²) in [5.74, 6) is -0.131. The number of nitrogens with one attached hydrogen (secondary N) is 1. The highest BCUT2D eigenvalue weighted by atomic mass is 19.3. The minimum Gasteiger partial charge on any atom is -0.368 e. The van der Waals surface area contributed by atoms with E-state index in [0.29, 0.717) is 49.9 Å². The first-order valence-corrected chi connectivity index (χ1v) is 9.53. The van der Waals surface area contributed by atoms with Gasteiger partial charge in [-0.1, -0.05) is 0 Å². The number of aromatic nitrogens is 2. The number of fused-ring (bicyclic) bond motifs is 1. The molecule has 0 bridgehead atoms. The van der Waals surface area contributed by atoms with Crippen LogP contribution in [0.15, 0.2) is 29.3 Å². The van der Waals surface area contributed by atoms with E-state index in [2.05, 4.69) is 15.2 Å². The van der Waals surface area contributed by atoms with Crippen LogP contribution in [0, 0.1) is 0 Å². The Bertz CT molecular complexity index is 1000. The van der Waals surface area contributed by atoms with Gasteiger partial charge in [-0.3, -0.25) is 19.0 Å². The monoisotopic (exact) mass is 405 g/mol. The topological polar surface area (TPSA) is 87.5 Å². The second-order valence-electron chi connectivity index (χ2n) is 7.27. The van der Waals surface area contributed by atoms with E-state index in [1.54, 1.807) is 23.1 Å². The summed E-state index contributed by atoms with van der Waals surface area (Å²) < 4.78 is 26.1. The molecule has 8 nitrogen and oxygen atoms in total. The number of amides is 2. The molecule has 10 heteroatoms. The van der Waals surface area contributed by atoms with Crippen molar-refractivity contribution in [1.82, 2.24) is 19.8 Å². The molecule has 1 unspecified atom stereocenters. The molecule has 0 radical (unpaired) electrons. The first-order chi connectivity index (χ1) is 13.9. The molecule has 3 heterocycles. The predicted octanol–water partition coefficient (Wildman–Crippen LogP) is 0.589. The maximum Gasteiger partial charge on any atom is 0.261 e. The number of nitrogens with zero attached hydrogens (tertiary/aromatic N) is 4. The van der Waals surface area contributed by atoms with Gasteiger partial charge in [-0.2, -0.15) is 0 Å². The molecule has 29 heavy (non-hydrogen) atoms. The molecule has 2 amide bonds. The molecule has 2 aromatic rings. The van der Waals surface area contributed by atoms with Gasteiger partial charge in [0.05, 0.1) is 23.8 Å². The summed E-state index contributed by atoms with van der Waals surface area (Å²) in [7, 11) is 0. The van der Waals surface area contributed by atoms with Gasteiger partial charge >= 0.3 is 0 Å². The molecule has 2 aliphatic rings. The summed E-state index contributed by atoms with van der Waals surface area (Å²) in [4.78, 5) is 44.1. The fraction of sp³-hybridized carbons (Fsp3) is 0.474. The average molecular weight is 405 g/mol. The van der Waals surface area contributed by atoms with E-state index < -0.39 is 24.6 Å². The number of halogens is 2. The Labute approximate surface area is 165 Å². The summed E-state index contributed by atoms with van der Waals surface area (Å²) in [6, 6.07) is 4.72. The number of hydrogen-bond donors (Lipinski definition) is 1. The molecule has 0 aliphatic carbocycles. The number of anilines is 1. The van der Waals surface area contributed by atoms with Crippen LogP contribution in [0.3, 0.4) is 0 Å². The lowest BCUT2D eigenvalue weighted by Gasteiger charge is -2.37. The minimum absolute atomic E-state index is 0.0461. The van der Waals surface area contributed by atoms with Gasteiger partial charge in [0.25, 0.3) is 12.0 Å². The van der Waals surface area contributed by atoms with E-state index in [1.165, 1.54) is 0 Å². The van der Waals surface area contributed by atoms with Crippen molar-refractivity contribution in [2.24, 2.45) is 0 Å². The van der Waals surface area contributed by atoms with Crippen LogP contribution < -0.4 is 15.8 Å². The summed E-state index contributed by atoms with van der Waals surface area (Å²) in [6.07, 6.45) is -0.549. The van der Waals surface area contributed by atoms with Gasteiger partial charge in [0.15, 0.2) is 0 Å². The zero-order valence-corrected chi connectivity index (χ0v) is 15.7. The Morgan fingerprint density at radius 2 is 1.97 bits per heavy atom. The van der Waals surface area contributed by atoms with Crippen LogP contribution in [0.2, 0.25) is 0 Å². The lowest BCUT2D eigenvalue weighted by atomic mass is 10.1. The molecule has 1 aromatic carbocycles. The first-order valence-electron chi connectivity index (χ1n) is 9.53. The number of alkyl halides is 2. The molecule has 2 saturated heterocycles. The van der Waals surface area contributed by atoms with Crippen molar-refractivity contribution >= 4 is 28.4 Å². The van der Waals surface area contributed by atoms with Crippen molar-refractivity contribution in [1.29, 1.82) is 0 Å². The van der Waals surface area contributed by atoms with Crippen molar-refractivity contribution in [2.75, 3.05) is 31.1 Å². The van der Waals surface area contributed by atoms with Crippen molar-refractivity contribution in [2.45, 2.75) is 31.9 Å². The van der Waals surface area contributed by atoms with Crippen LogP contribution >= 0.6 is 0 Å². The van der Waals surface area contributed by atoms with Gasteiger partial charge < -0.3 is 15.1 Å². The number of carbonyl (C=O) groups is 2. The lowest BCUT2D eigenvalue weighted by molar-refractivity contribution is -0.134. The second kappa shape index (κ2) is 7.76. The van der Waals surface area contributed by atoms with Crippen LogP contribution in [0.25, 0.3) is 10.9 Å². The number of hydrogen-bond acceptors (Lipinski definition) is 5. The molecule has 2 fully saturated rings. The van der Waals surface area contributed by atoms with E-state index >= 15 is 0 Å². The Morgan fingerprint density at radius 3 is 2.62 bits per heavy atom. The van der Waals surface area contributed by atoms with E-state index in [0.717, 1.165) is 16.6 Å². The van der Waals surface area contributed by atoms with E-state index in [1.807, 2.05) is 0 Å². The van der Waals surface area contributed by atoms with Crippen LogP contribution in [-0.2, 0) is 16.1 Å². The number of rotatable bonds is 4. The van der Waals surface area contributed by atoms with Crippen LogP contribution in [0.4, 0.5) is 14.5 Å². The molecule has 2 aliphatic heterocycles. The molecule has 0 saturated carbocycles. The van der Waals surface area contributed by atoms with Crippen molar-refractivity contribution in [3.05, 3.63) is 34.9 Å². The highest BCUT2D eigenvalue weighted by Gasteiger charge is 2.32. The van der Waals surface area contributed by atoms with E-state index in [4.69, 9.17) is 0 Å². The average Bonchev–Trinajstić information content (AvgIpc) is 3.15. The molecule has 1 N–H and O–H groups in total. The fourth-order valence-corrected chi connectivity index (χ4v) is 3.83.